The molecular formula is C12H16Cl2N4O2. The lowest BCUT2D eigenvalue weighted by molar-refractivity contribution is -0.130. The summed E-state index contributed by atoms with van der Waals surface area (Å²) >= 11 is 11.9. The van der Waals surface area contributed by atoms with Crippen LogP contribution >= 0.6 is 23.2 Å². The molecule has 0 atom stereocenters. The summed E-state index contributed by atoms with van der Waals surface area (Å²) < 4.78 is 5.22. The highest BCUT2D eigenvalue weighted by Crippen LogP contribution is 2.33. The summed E-state index contributed by atoms with van der Waals surface area (Å²) in [6.45, 7) is 1.89. The first-order valence-corrected chi connectivity index (χ1v) is 7.02. The highest BCUT2D eigenvalue weighted by Gasteiger charge is 2.40. The highest BCUT2D eigenvalue weighted by molar-refractivity contribution is 6.38. The summed E-state index contributed by atoms with van der Waals surface area (Å²) in [6.07, 6.45) is 2.63. The van der Waals surface area contributed by atoms with E-state index in [2.05, 4.69) is 20.6 Å². The summed E-state index contributed by atoms with van der Waals surface area (Å²) in [5.74, 6) is -0.167. The number of anilines is 1. The van der Waals surface area contributed by atoms with Gasteiger partial charge in [-0.1, -0.05) is 23.2 Å². The van der Waals surface area contributed by atoms with Crippen LogP contribution in [0.5, 0.6) is 0 Å². The molecular weight excluding hydrogens is 303 g/mol. The minimum Gasteiger partial charge on any atom is -0.384 e. The Kier molecular flexibility index (Phi) is 5.15. The third kappa shape index (κ3) is 3.20. The number of nitrogens with zero attached hydrogens (tertiary/aromatic N) is 2. The van der Waals surface area contributed by atoms with E-state index in [1.807, 2.05) is 0 Å². The van der Waals surface area contributed by atoms with Gasteiger partial charge in [-0.2, -0.15) is 0 Å². The fourth-order valence-corrected chi connectivity index (χ4v) is 2.72. The van der Waals surface area contributed by atoms with Crippen LogP contribution in [0.4, 0.5) is 5.69 Å². The molecule has 2 rings (SSSR count). The second-order valence-corrected chi connectivity index (χ2v) is 5.46. The van der Waals surface area contributed by atoms with Crippen LogP contribution in [-0.2, 0) is 9.53 Å². The predicted octanol–water partition coefficient (Wildman–Crippen LogP) is 1.74. The van der Waals surface area contributed by atoms with Crippen molar-refractivity contribution in [2.24, 2.45) is 5.41 Å². The number of carbonyl (C=O) groups is 1. The van der Waals surface area contributed by atoms with Crippen molar-refractivity contribution < 1.29 is 9.53 Å². The lowest BCUT2D eigenvalue weighted by Gasteiger charge is -2.35. The standard InChI is InChI=1S/C12H16Cl2N4O2/c1-20-6-12(2-4-15-5-3-12)11(19)18-8-9(13)16-7-17-10(8)14/h7,15H,2-6H2,1H3,(H,18,19). The van der Waals surface area contributed by atoms with E-state index in [0.717, 1.165) is 13.1 Å². The number of aromatic nitrogens is 2. The molecule has 8 heteroatoms. The van der Waals surface area contributed by atoms with Crippen molar-refractivity contribution in [3.63, 3.8) is 0 Å². The van der Waals surface area contributed by atoms with E-state index in [0.29, 0.717) is 19.4 Å². The van der Waals surface area contributed by atoms with Crippen molar-refractivity contribution >= 4 is 34.8 Å². The molecule has 20 heavy (non-hydrogen) atoms. The lowest BCUT2D eigenvalue weighted by Crippen LogP contribution is -2.47. The van der Waals surface area contributed by atoms with Gasteiger partial charge in [-0.3, -0.25) is 4.79 Å². The van der Waals surface area contributed by atoms with Crippen LogP contribution in [0.15, 0.2) is 6.33 Å². The Bertz CT molecular complexity index is 467. The molecule has 0 aliphatic carbocycles. The number of halogens is 2. The van der Waals surface area contributed by atoms with Gasteiger partial charge in [0, 0.05) is 7.11 Å². The minimum absolute atomic E-state index is 0.125. The normalized spacial score (nSPS) is 17.8. The van der Waals surface area contributed by atoms with Crippen LogP contribution in [0.1, 0.15) is 12.8 Å². The Morgan fingerprint density at radius 3 is 2.55 bits per heavy atom. The summed E-state index contributed by atoms with van der Waals surface area (Å²) in [5.41, 5.74) is -0.336. The maximum absolute atomic E-state index is 12.6. The Balaban J connectivity index is 2.20. The summed E-state index contributed by atoms with van der Waals surface area (Å²) in [5, 5.41) is 6.21. The molecule has 0 radical (unpaired) electrons. The van der Waals surface area contributed by atoms with E-state index in [9.17, 15) is 4.79 Å². The summed E-state index contributed by atoms with van der Waals surface area (Å²) in [4.78, 5) is 20.2. The molecule has 1 fully saturated rings. The molecule has 0 unspecified atom stereocenters. The van der Waals surface area contributed by atoms with Crippen molar-refractivity contribution in [2.75, 3.05) is 32.1 Å². The monoisotopic (exact) mass is 318 g/mol. The van der Waals surface area contributed by atoms with Crippen molar-refractivity contribution in [3.8, 4) is 0 Å². The molecule has 0 spiro atoms. The van der Waals surface area contributed by atoms with Crippen molar-refractivity contribution in [1.29, 1.82) is 0 Å². The van der Waals surface area contributed by atoms with Gasteiger partial charge in [-0.05, 0) is 25.9 Å². The zero-order chi connectivity index (χ0) is 14.6. The first-order valence-electron chi connectivity index (χ1n) is 6.26. The van der Waals surface area contributed by atoms with Gasteiger partial charge in [-0.25, -0.2) is 9.97 Å². The van der Waals surface area contributed by atoms with Gasteiger partial charge in [0.05, 0.1) is 12.0 Å². The molecule has 1 aromatic heterocycles. The van der Waals surface area contributed by atoms with E-state index in [1.165, 1.54) is 6.33 Å². The second kappa shape index (κ2) is 6.67. The molecule has 110 valence electrons. The van der Waals surface area contributed by atoms with Crippen LogP contribution in [0.2, 0.25) is 10.3 Å². The molecule has 1 aliphatic rings. The number of rotatable bonds is 4. The summed E-state index contributed by atoms with van der Waals surface area (Å²) in [6, 6.07) is 0. The fourth-order valence-electron chi connectivity index (χ4n) is 2.31. The van der Waals surface area contributed by atoms with Crippen LogP contribution in [0.3, 0.4) is 0 Å². The number of ether oxygens (including phenoxy) is 1. The number of hydrogen-bond acceptors (Lipinski definition) is 5. The second-order valence-electron chi connectivity index (χ2n) is 4.75. The maximum atomic E-state index is 12.6. The number of amides is 1. The van der Waals surface area contributed by atoms with Crippen molar-refractivity contribution in [1.82, 2.24) is 15.3 Å². The van der Waals surface area contributed by atoms with Gasteiger partial charge in [0.1, 0.15) is 12.0 Å². The largest absolute Gasteiger partial charge is 0.384 e. The van der Waals surface area contributed by atoms with E-state index >= 15 is 0 Å². The smallest absolute Gasteiger partial charge is 0.233 e. The Morgan fingerprint density at radius 1 is 1.40 bits per heavy atom. The third-order valence-corrected chi connectivity index (χ3v) is 4.03. The topological polar surface area (TPSA) is 76.1 Å². The Hall–Kier alpha value is -0.950. The number of hydrogen-bond donors (Lipinski definition) is 2. The fraction of sp³-hybridized carbons (Fsp3) is 0.583. The van der Waals surface area contributed by atoms with Gasteiger partial charge < -0.3 is 15.4 Å². The van der Waals surface area contributed by atoms with E-state index in [-0.39, 0.29) is 21.9 Å². The van der Waals surface area contributed by atoms with E-state index in [4.69, 9.17) is 27.9 Å². The van der Waals surface area contributed by atoms with Crippen molar-refractivity contribution in [3.05, 3.63) is 16.6 Å². The first kappa shape index (κ1) is 15.4. The zero-order valence-corrected chi connectivity index (χ0v) is 12.6. The van der Waals surface area contributed by atoms with E-state index in [1.54, 1.807) is 7.11 Å². The number of methoxy groups -OCH3 is 1. The first-order chi connectivity index (χ1) is 9.59. The highest BCUT2D eigenvalue weighted by atomic mass is 35.5. The molecule has 6 nitrogen and oxygen atoms in total. The Labute approximate surface area is 127 Å². The predicted molar refractivity (Wildman–Crippen MR) is 77.1 cm³/mol. The van der Waals surface area contributed by atoms with Gasteiger partial charge >= 0.3 is 0 Å². The zero-order valence-electron chi connectivity index (χ0n) is 11.1. The molecule has 1 amide bonds. The summed E-state index contributed by atoms with van der Waals surface area (Å²) in [7, 11) is 1.59. The maximum Gasteiger partial charge on any atom is 0.233 e. The quantitative estimate of drug-likeness (QED) is 0.827. The van der Waals surface area contributed by atoms with Gasteiger partial charge in [-0.15, -0.1) is 0 Å². The number of carbonyl (C=O) groups excluding carboxylic acids is 1. The average Bonchev–Trinajstić information content (AvgIpc) is 2.44. The third-order valence-electron chi connectivity index (χ3n) is 3.46. The van der Waals surface area contributed by atoms with Crippen LogP contribution in [0, 0.1) is 5.41 Å². The van der Waals surface area contributed by atoms with Gasteiger partial charge in [0.2, 0.25) is 5.91 Å². The SMILES string of the molecule is COCC1(C(=O)Nc2c(Cl)ncnc2Cl)CCNCC1. The minimum atomic E-state index is -0.581. The van der Waals surface area contributed by atoms with Gasteiger partial charge in [0.15, 0.2) is 10.3 Å². The lowest BCUT2D eigenvalue weighted by atomic mass is 9.78. The van der Waals surface area contributed by atoms with Crippen LogP contribution < -0.4 is 10.6 Å². The number of nitrogens with one attached hydrogen (secondary N) is 2. The Morgan fingerprint density at radius 2 is 2.00 bits per heavy atom. The molecule has 1 aromatic rings. The van der Waals surface area contributed by atoms with Crippen LogP contribution in [-0.4, -0.2) is 42.7 Å². The molecule has 0 bridgehead atoms. The molecule has 2 heterocycles. The van der Waals surface area contributed by atoms with E-state index < -0.39 is 5.41 Å². The molecule has 1 aliphatic heterocycles. The van der Waals surface area contributed by atoms with Crippen LogP contribution in [0.25, 0.3) is 0 Å². The van der Waals surface area contributed by atoms with Gasteiger partial charge in [0.25, 0.3) is 0 Å². The van der Waals surface area contributed by atoms with Crippen molar-refractivity contribution in [2.45, 2.75) is 12.8 Å². The molecule has 0 aromatic carbocycles. The number of piperidine rings is 1. The molecule has 1 saturated heterocycles. The molecule has 2 N–H and O–H groups in total. The average molecular weight is 319 g/mol. The molecule has 0 saturated carbocycles.